The Balaban J connectivity index is 2.17. The zero-order chi connectivity index (χ0) is 14.8. The fourth-order valence-corrected chi connectivity index (χ4v) is 2.23. The van der Waals surface area contributed by atoms with Crippen LogP contribution in [0.1, 0.15) is 26.7 Å². The third kappa shape index (κ3) is 2.97. The van der Waals surface area contributed by atoms with Crippen molar-refractivity contribution in [3.8, 4) is 6.07 Å². The van der Waals surface area contributed by atoms with Gasteiger partial charge in [-0.3, -0.25) is 10.1 Å². The number of nitrogens with zero attached hydrogens (tertiary/aromatic N) is 3. The van der Waals surface area contributed by atoms with E-state index in [0.717, 1.165) is 30.3 Å². The maximum atomic E-state index is 10.8. The maximum Gasteiger partial charge on any atom is 0.271 e. The third-order valence-electron chi connectivity index (χ3n) is 3.47. The van der Waals surface area contributed by atoms with Gasteiger partial charge in [0.1, 0.15) is 0 Å². The minimum Gasteiger partial charge on any atom is -0.347 e. The molecule has 0 aliphatic heterocycles. The number of hydrogen-bond donors (Lipinski definition) is 0. The van der Waals surface area contributed by atoms with Gasteiger partial charge in [0, 0.05) is 30.3 Å². The quantitative estimate of drug-likeness (QED) is 0.612. The van der Waals surface area contributed by atoms with E-state index in [1.54, 1.807) is 12.1 Å². The van der Waals surface area contributed by atoms with Gasteiger partial charge in [0.25, 0.3) is 5.69 Å². The molecule has 0 amide bonds. The summed E-state index contributed by atoms with van der Waals surface area (Å²) in [5.74, 6) is 0. The third-order valence-corrected chi connectivity index (χ3v) is 3.47. The van der Waals surface area contributed by atoms with Crippen LogP contribution in [0, 0.1) is 26.9 Å². The smallest absolute Gasteiger partial charge is 0.271 e. The zero-order valence-electron chi connectivity index (χ0n) is 11.7. The van der Waals surface area contributed by atoms with E-state index < -0.39 is 0 Å². The fourth-order valence-electron chi connectivity index (χ4n) is 2.23. The van der Waals surface area contributed by atoms with Gasteiger partial charge < -0.3 is 4.57 Å². The molecule has 20 heavy (non-hydrogen) atoms. The van der Waals surface area contributed by atoms with E-state index in [-0.39, 0.29) is 16.0 Å². The molecule has 0 spiro atoms. The lowest BCUT2D eigenvalue weighted by Gasteiger charge is -2.15. The lowest BCUT2D eigenvalue weighted by atomic mass is 9.90. The highest BCUT2D eigenvalue weighted by Gasteiger charge is 2.16. The minimum absolute atomic E-state index is 0.106. The highest BCUT2D eigenvalue weighted by atomic mass is 16.6. The first kappa shape index (κ1) is 14.1. The van der Waals surface area contributed by atoms with Crippen LogP contribution in [0.5, 0.6) is 0 Å². The van der Waals surface area contributed by atoms with Gasteiger partial charge in [-0.2, -0.15) is 5.26 Å². The van der Waals surface area contributed by atoms with Crippen LogP contribution in [-0.4, -0.2) is 9.49 Å². The van der Waals surface area contributed by atoms with Crippen molar-refractivity contribution in [2.75, 3.05) is 0 Å². The number of nitro benzene ring substituents is 1. The van der Waals surface area contributed by atoms with Crippen molar-refractivity contribution in [1.29, 1.82) is 5.26 Å². The second kappa shape index (κ2) is 5.33. The van der Waals surface area contributed by atoms with Crippen molar-refractivity contribution in [3.63, 3.8) is 0 Å². The molecule has 0 fully saturated rings. The van der Waals surface area contributed by atoms with Crippen LogP contribution >= 0.6 is 0 Å². The van der Waals surface area contributed by atoms with Crippen LogP contribution in [0.25, 0.3) is 10.9 Å². The number of benzene rings is 1. The van der Waals surface area contributed by atoms with Gasteiger partial charge in [0.05, 0.1) is 21.9 Å². The minimum atomic E-state index is -0.379. The van der Waals surface area contributed by atoms with Crippen LogP contribution in [0.3, 0.4) is 0 Å². The second-order valence-electron chi connectivity index (χ2n) is 5.61. The second-order valence-corrected chi connectivity index (χ2v) is 5.61. The Kier molecular flexibility index (Phi) is 3.75. The summed E-state index contributed by atoms with van der Waals surface area (Å²) in [7, 11) is 0. The van der Waals surface area contributed by atoms with E-state index in [2.05, 4.69) is 6.07 Å². The molecule has 0 unspecified atom stereocenters. The Labute approximate surface area is 117 Å². The van der Waals surface area contributed by atoms with E-state index in [1.165, 1.54) is 6.07 Å². The van der Waals surface area contributed by atoms with E-state index in [4.69, 9.17) is 5.26 Å². The fraction of sp³-hybridized carbons (Fsp3) is 0.400. The lowest BCUT2D eigenvalue weighted by Crippen LogP contribution is -2.09. The molecule has 0 saturated heterocycles. The summed E-state index contributed by atoms with van der Waals surface area (Å²) in [4.78, 5) is 10.4. The van der Waals surface area contributed by atoms with Crippen molar-refractivity contribution in [2.24, 2.45) is 5.41 Å². The average Bonchev–Trinajstić information content (AvgIpc) is 2.81. The van der Waals surface area contributed by atoms with Crippen molar-refractivity contribution in [3.05, 3.63) is 40.6 Å². The summed E-state index contributed by atoms with van der Waals surface area (Å²) in [5, 5.41) is 20.8. The first-order valence-electron chi connectivity index (χ1n) is 6.57. The van der Waals surface area contributed by atoms with Gasteiger partial charge in [0.15, 0.2) is 0 Å². The predicted molar refractivity (Wildman–Crippen MR) is 77.2 cm³/mol. The zero-order valence-corrected chi connectivity index (χ0v) is 11.7. The maximum absolute atomic E-state index is 10.8. The summed E-state index contributed by atoms with van der Waals surface area (Å²) < 4.78 is 2.01. The number of fused-ring (bicyclic) bond motifs is 1. The van der Waals surface area contributed by atoms with Gasteiger partial charge in [-0.15, -0.1) is 0 Å². The molecule has 1 aromatic heterocycles. The SMILES string of the molecule is CC(C)(C#N)CCCn1ccc2ccc([N+](=O)[O-])cc21. The van der Waals surface area contributed by atoms with E-state index in [9.17, 15) is 10.1 Å². The molecule has 0 saturated carbocycles. The van der Waals surface area contributed by atoms with Crippen LogP contribution in [0.15, 0.2) is 30.5 Å². The van der Waals surface area contributed by atoms with Gasteiger partial charge >= 0.3 is 0 Å². The van der Waals surface area contributed by atoms with Crippen molar-refractivity contribution < 1.29 is 4.92 Å². The summed E-state index contributed by atoms with van der Waals surface area (Å²) in [6, 6.07) is 9.13. The van der Waals surface area contributed by atoms with Crippen LogP contribution < -0.4 is 0 Å². The molecule has 0 N–H and O–H groups in total. The topological polar surface area (TPSA) is 71.9 Å². The molecule has 5 nitrogen and oxygen atoms in total. The highest BCUT2D eigenvalue weighted by molar-refractivity contribution is 5.82. The molecule has 2 aromatic rings. The molecular formula is C15H17N3O2. The van der Waals surface area contributed by atoms with Gasteiger partial charge in [0.2, 0.25) is 0 Å². The molecule has 5 heteroatoms. The molecule has 104 valence electrons. The Morgan fingerprint density at radius 3 is 2.80 bits per heavy atom. The molecule has 1 aromatic carbocycles. The van der Waals surface area contributed by atoms with Gasteiger partial charge in [-0.25, -0.2) is 0 Å². The van der Waals surface area contributed by atoms with Crippen molar-refractivity contribution in [2.45, 2.75) is 33.2 Å². The predicted octanol–water partition coefficient (Wildman–Crippen LogP) is 3.88. The molecule has 0 bridgehead atoms. The Hall–Kier alpha value is -2.35. The molecule has 0 aliphatic carbocycles. The van der Waals surface area contributed by atoms with E-state index in [0.29, 0.717) is 0 Å². The van der Waals surface area contributed by atoms with E-state index in [1.807, 2.05) is 30.7 Å². The summed E-state index contributed by atoms with van der Waals surface area (Å²) in [5.41, 5.74) is 0.651. The number of hydrogen-bond acceptors (Lipinski definition) is 3. The first-order chi connectivity index (χ1) is 9.43. The number of non-ortho nitro benzene ring substituents is 1. The Morgan fingerprint density at radius 1 is 1.40 bits per heavy atom. The molecule has 0 aliphatic rings. The Morgan fingerprint density at radius 2 is 2.15 bits per heavy atom. The summed E-state index contributed by atoms with van der Waals surface area (Å²) >= 11 is 0. The standard InChI is InChI=1S/C15H17N3O2/c1-15(2,11-16)7-3-8-17-9-6-12-4-5-13(18(19)20)10-14(12)17/h4-6,9-10H,3,7-8H2,1-2H3. The highest BCUT2D eigenvalue weighted by Crippen LogP contribution is 2.24. The number of aryl methyl sites for hydroxylation is 1. The monoisotopic (exact) mass is 271 g/mol. The average molecular weight is 271 g/mol. The number of nitro groups is 1. The molecule has 0 radical (unpaired) electrons. The van der Waals surface area contributed by atoms with Crippen LogP contribution in [0.2, 0.25) is 0 Å². The number of rotatable bonds is 5. The normalized spacial score (nSPS) is 11.4. The number of aromatic nitrogens is 1. The molecule has 2 rings (SSSR count). The van der Waals surface area contributed by atoms with Crippen LogP contribution in [0.4, 0.5) is 5.69 Å². The van der Waals surface area contributed by atoms with Gasteiger partial charge in [-0.05, 0) is 38.8 Å². The molecular weight excluding hydrogens is 254 g/mol. The van der Waals surface area contributed by atoms with Crippen molar-refractivity contribution >= 4 is 16.6 Å². The number of nitriles is 1. The Bertz CT molecular complexity index is 680. The lowest BCUT2D eigenvalue weighted by molar-refractivity contribution is -0.384. The first-order valence-corrected chi connectivity index (χ1v) is 6.57. The van der Waals surface area contributed by atoms with Gasteiger partial charge in [-0.1, -0.05) is 0 Å². The summed E-state index contributed by atoms with van der Waals surface area (Å²) in [6.45, 7) is 4.60. The molecule has 1 heterocycles. The van der Waals surface area contributed by atoms with Crippen LogP contribution in [-0.2, 0) is 6.54 Å². The largest absolute Gasteiger partial charge is 0.347 e. The van der Waals surface area contributed by atoms with Crippen molar-refractivity contribution in [1.82, 2.24) is 4.57 Å². The molecule has 0 atom stereocenters. The summed E-state index contributed by atoms with van der Waals surface area (Å²) in [6.07, 6.45) is 3.61. The van der Waals surface area contributed by atoms with E-state index >= 15 is 0 Å².